The van der Waals surface area contributed by atoms with Crippen molar-refractivity contribution in [3.05, 3.63) is 35.9 Å². The molecule has 0 unspecified atom stereocenters. The molecule has 0 heterocycles. The minimum Gasteiger partial charge on any atom is -0.465 e. The molecule has 1 aliphatic rings. The molecule has 1 aromatic rings. The number of amides is 1. The van der Waals surface area contributed by atoms with Crippen LogP contribution >= 0.6 is 12.2 Å². The summed E-state index contributed by atoms with van der Waals surface area (Å²) in [5.74, 6) is 0. The molecule has 1 saturated carbocycles. The van der Waals surface area contributed by atoms with Crippen molar-refractivity contribution < 1.29 is 9.90 Å². The zero-order valence-electron chi connectivity index (χ0n) is 12.1. The second kappa shape index (κ2) is 7.26. The van der Waals surface area contributed by atoms with E-state index in [0.717, 1.165) is 18.4 Å². The van der Waals surface area contributed by atoms with Gasteiger partial charge in [0.2, 0.25) is 0 Å². The Labute approximate surface area is 130 Å². The lowest BCUT2D eigenvalue weighted by atomic mass is 10.1. The molecule has 0 saturated heterocycles. The molecule has 1 fully saturated rings. The van der Waals surface area contributed by atoms with Crippen molar-refractivity contribution in [2.24, 2.45) is 0 Å². The number of carbonyl (C=O) groups is 1. The summed E-state index contributed by atoms with van der Waals surface area (Å²) in [6.45, 7) is 0.496. The first-order valence-electron chi connectivity index (χ1n) is 7.10. The van der Waals surface area contributed by atoms with Crippen molar-refractivity contribution >= 4 is 23.4 Å². The Kier molecular flexibility index (Phi) is 5.38. The summed E-state index contributed by atoms with van der Waals surface area (Å²) in [6.07, 6.45) is 2.04. The fraction of sp³-hybridized carbons (Fsp3) is 0.467. The van der Waals surface area contributed by atoms with Crippen LogP contribution < -0.4 is 10.6 Å². The molecule has 2 rings (SSSR count). The van der Waals surface area contributed by atoms with Gasteiger partial charge < -0.3 is 20.6 Å². The van der Waals surface area contributed by atoms with E-state index >= 15 is 0 Å². The molecular weight excluding hydrogens is 286 g/mol. The lowest BCUT2D eigenvalue weighted by Gasteiger charge is -2.26. The summed E-state index contributed by atoms with van der Waals surface area (Å²) in [4.78, 5) is 12.5. The molecular formula is C15H21N3O2S. The molecule has 1 amide bonds. The second-order valence-corrected chi connectivity index (χ2v) is 5.77. The zero-order valence-corrected chi connectivity index (χ0v) is 12.9. The summed E-state index contributed by atoms with van der Waals surface area (Å²) in [5.41, 5.74) is 1.11. The highest BCUT2D eigenvalue weighted by Gasteiger charge is 2.23. The number of hydrogen-bond donors (Lipinski definition) is 3. The van der Waals surface area contributed by atoms with Gasteiger partial charge >= 0.3 is 6.09 Å². The number of hydrogen-bond acceptors (Lipinski definition) is 2. The molecule has 0 bridgehead atoms. The van der Waals surface area contributed by atoms with E-state index < -0.39 is 6.09 Å². The van der Waals surface area contributed by atoms with Crippen LogP contribution in [0.5, 0.6) is 0 Å². The van der Waals surface area contributed by atoms with E-state index in [1.807, 2.05) is 30.3 Å². The Hall–Kier alpha value is -1.82. The van der Waals surface area contributed by atoms with E-state index in [0.29, 0.717) is 24.1 Å². The third-order valence-corrected chi connectivity index (χ3v) is 3.84. The minimum atomic E-state index is -0.932. The van der Waals surface area contributed by atoms with Crippen LogP contribution in [0.4, 0.5) is 4.79 Å². The number of likely N-dealkylation sites (N-methyl/N-ethyl adjacent to an activating group) is 1. The SMILES string of the molecule is CN(C(=O)O)[C@@H](CNC(=S)NC1CC1)Cc1ccccc1. The van der Waals surface area contributed by atoms with Crippen molar-refractivity contribution in [2.75, 3.05) is 13.6 Å². The molecule has 0 aromatic heterocycles. The third-order valence-electron chi connectivity index (χ3n) is 3.57. The molecule has 6 heteroatoms. The molecule has 0 radical (unpaired) electrons. The fourth-order valence-corrected chi connectivity index (χ4v) is 2.31. The molecule has 3 N–H and O–H groups in total. The van der Waals surface area contributed by atoms with Crippen LogP contribution in [0.15, 0.2) is 30.3 Å². The van der Waals surface area contributed by atoms with Gasteiger partial charge in [-0.05, 0) is 37.0 Å². The van der Waals surface area contributed by atoms with Crippen LogP contribution in [0.2, 0.25) is 0 Å². The molecule has 5 nitrogen and oxygen atoms in total. The molecule has 1 aromatic carbocycles. The first kappa shape index (κ1) is 15.6. The lowest BCUT2D eigenvalue weighted by Crippen LogP contribution is -2.48. The van der Waals surface area contributed by atoms with Crippen LogP contribution in [0.25, 0.3) is 0 Å². The van der Waals surface area contributed by atoms with Crippen molar-refractivity contribution in [3.63, 3.8) is 0 Å². The highest BCUT2D eigenvalue weighted by Crippen LogP contribution is 2.18. The first-order chi connectivity index (χ1) is 10.1. The average molecular weight is 307 g/mol. The maximum atomic E-state index is 11.2. The van der Waals surface area contributed by atoms with Gasteiger partial charge in [0.15, 0.2) is 5.11 Å². The van der Waals surface area contributed by atoms with E-state index in [4.69, 9.17) is 12.2 Å². The van der Waals surface area contributed by atoms with Crippen LogP contribution in [-0.2, 0) is 6.42 Å². The maximum Gasteiger partial charge on any atom is 0.407 e. The number of rotatable bonds is 6. The number of carboxylic acid groups (broad SMARTS) is 1. The Balaban J connectivity index is 1.91. The quantitative estimate of drug-likeness (QED) is 0.700. The van der Waals surface area contributed by atoms with Gasteiger partial charge in [-0.1, -0.05) is 30.3 Å². The van der Waals surface area contributed by atoms with Crippen LogP contribution in [-0.4, -0.2) is 46.9 Å². The summed E-state index contributed by atoms with van der Waals surface area (Å²) in [7, 11) is 1.59. The van der Waals surface area contributed by atoms with E-state index in [-0.39, 0.29) is 6.04 Å². The highest BCUT2D eigenvalue weighted by atomic mass is 32.1. The van der Waals surface area contributed by atoms with Gasteiger partial charge in [-0.3, -0.25) is 0 Å². The monoisotopic (exact) mass is 307 g/mol. The predicted molar refractivity (Wildman–Crippen MR) is 86.5 cm³/mol. The maximum absolute atomic E-state index is 11.2. The van der Waals surface area contributed by atoms with Crippen molar-refractivity contribution in [2.45, 2.75) is 31.3 Å². The van der Waals surface area contributed by atoms with Crippen molar-refractivity contribution in [1.29, 1.82) is 0 Å². The van der Waals surface area contributed by atoms with E-state index in [9.17, 15) is 9.90 Å². The fourth-order valence-electron chi connectivity index (χ4n) is 2.06. The van der Waals surface area contributed by atoms with Gasteiger partial charge in [-0.15, -0.1) is 0 Å². The summed E-state index contributed by atoms with van der Waals surface area (Å²) in [5, 5.41) is 16.1. The van der Waals surface area contributed by atoms with Crippen molar-refractivity contribution in [3.8, 4) is 0 Å². The van der Waals surface area contributed by atoms with Gasteiger partial charge in [0, 0.05) is 19.6 Å². The normalized spacial score (nSPS) is 15.1. The molecule has 114 valence electrons. The van der Waals surface area contributed by atoms with Crippen molar-refractivity contribution in [1.82, 2.24) is 15.5 Å². The van der Waals surface area contributed by atoms with Crippen LogP contribution in [0.3, 0.4) is 0 Å². The first-order valence-corrected chi connectivity index (χ1v) is 7.51. The standard InChI is InChI=1S/C15H21N3O2S/c1-18(15(19)20)13(9-11-5-3-2-4-6-11)10-16-14(21)17-12-7-8-12/h2-6,12-13H,7-10H2,1H3,(H,19,20)(H2,16,17,21)/t13-/m1/s1. The van der Waals surface area contributed by atoms with Gasteiger partial charge in [0.25, 0.3) is 0 Å². The van der Waals surface area contributed by atoms with Gasteiger partial charge in [0.05, 0.1) is 6.04 Å². The lowest BCUT2D eigenvalue weighted by molar-refractivity contribution is 0.138. The van der Waals surface area contributed by atoms with E-state index in [1.54, 1.807) is 7.05 Å². The topological polar surface area (TPSA) is 64.6 Å². The Morgan fingerprint density at radius 2 is 2.10 bits per heavy atom. The number of benzene rings is 1. The van der Waals surface area contributed by atoms with Crippen LogP contribution in [0.1, 0.15) is 18.4 Å². The van der Waals surface area contributed by atoms with E-state index in [2.05, 4.69) is 10.6 Å². The Bertz CT molecular complexity index is 491. The number of thiocarbonyl (C=S) groups is 1. The second-order valence-electron chi connectivity index (χ2n) is 5.37. The largest absolute Gasteiger partial charge is 0.465 e. The molecule has 0 aliphatic heterocycles. The summed E-state index contributed by atoms with van der Waals surface area (Å²) in [6, 6.07) is 10.2. The minimum absolute atomic E-state index is 0.163. The number of nitrogens with one attached hydrogen (secondary N) is 2. The number of nitrogens with zero attached hydrogens (tertiary/aromatic N) is 1. The molecule has 1 aliphatic carbocycles. The third kappa shape index (κ3) is 5.23. The average Bonchev–Trinajstić information content (AvgIpc) is 3.27. The van der Waals surface area contributed by atoms with Gasteiger partial charge in [-0.25, -0.2) is 4.79 Å². The Morgan fingerprint density at radius 3 is 2.67 bits per heavy atom. The predicted octanol–water partition coefficient (Wildman–Crippen LogP) is 1.83. The molecule has 21 heavy (non-hydrogen) atoms. The van der Waals surface area contributed by atoms with Crippen LogP contribution in [0, 0.1) is 0 Å². The van der Waals surface area contributed by atoms with Gasteiger partial charge in [0.1, 0.15) is 0 Å². The van der Waals surface area contributed by atoms with Gasteiger partial charge in [-0.2, -0.15) is 0 Å². The van der Waals surface area contributed by atoms with E-state index in [1.165, 1.54) is 4.90 Å². The highest BCUT2D eigenvalue weighted by molar-refractivity contribution is 7.80. The Morgan fingerprint density at radius 1 is 1.43 bits per heavy atom. The summed E-state index contributed by atoms with van der Waals surface area (Å²) < 4.78 is 0. The summed E-state index contributed by atoms with van der Waals surface area (Å²) >= 11 is 5.22. The molecule has 1 atom stereocenters. The molecule has 0 spiro atoms. The smallest absolute Gasteiger partial charge is 0.407 e. The zero-order chi connectivity index (χ0) is 15.2.